The Kier molecular flexibility index (Phi) is 4.87. The van der Waals surface area contributed by atoms with Crippen LogP contribution in [-0.2, 0) is 6.54 Å². The fraction of sp³-hybridized carbons (Fsp3) is 0.250. The molecule has 0 radical (unpaired) electrons. The summed E-state index contributed by atoms with van der Waals surface area (Å²) >= 11 is 0. The van der Waals surface area contributed by atoms with Crippen molar-refractivity contribution in [3.8, 4) is 5.75 Å². The van der Waals surface area contributed by atoms with Crippen LogP contribution in [0.1, 0.15) is 29.9 Å². The maximum absolute atomic E-state index is 13.8. The van der Waals surface area contributed by atoms with Crippen molar-refractivity contribution in [1.29, 1.82) is 0 Å². The standard InChI is InChI=1S/C16H17FN2O2/c1-11(2)21-15-7-6-12(9-14(15)17)16(20)19-10-13-5-3-4-8-18-13/h3-9,11H,10H2,1-2H3,(H,19,20). The molecule has 0 saturated carbocycles. The summed E-state index contributed by atoms with van der Waals surface area (Å²) in [5.74, 6) is -0.754. The SMILES string of the molecule is CC(C)Oc1ccc(C(=O)NCc2ccccn2)cc1F. The molecule has 1 aromatic carbocycles. The molecular weight excluding hydrogens is 271 g/mol. The molecule has 0 bridgehead atoms. The molecule has 5 heteroatoms. The normalized spacial score (nSPS) is 10.5. The van der Waals surface area contributed by atoms with Crippen molar-refractivity contribution < 1.29 is 13.9 Å². The first-order chi connectivity index (χ1) is 10.1. The Bertz CT molecular complexity index is 615. The third-order valence-electron chi connectivity index (χ3n) is 2.71. The molecule has 0 spiro atoms. The van der Waals surface area contributed by atoms with Crippen molar-refractivity contribution in [3.63, 3.8) is 0 Å². The van der Waals surface area contributed by atoms with Gasteiger partial charge in [-0.05, 0) is 44.2 Å². The fourth-order valence-corrected chi connectivity index (χ4v) is 1.77. The molecule has 1 amide bonds. The Morgan fingerprint density at radius 3 is 2.76 bits per heavy atom. The second kappa shape index (κ2) is 6.83. The molecule has 0 saturated heterocycles. The van der Waals surface area contributed by atoms with Crippen LogP contribution in [0.3, 0.4) is 0 Å². The van der Waals surface area contributed by atoms with Crippen LogP contribution in [0.25, 0.3) is 0 Å². The highest BCUT2D eigenvalue weighted by molar-refractivity contribution is 5.94. The van der Waals surface area contributed by atoms with Crippen molar-refractivity contribution in [2.45, 2.75) is 26.5 Å². The zero-order valence-corrected chi connectivity index (χ0v) is 12.0. The quantitative estimate of drug-likeness (QED) is 0.920. The molecular formula is C16H17FN2O2. The lowest BCUT2D eigenvalue weighted by Crippen LogP contribution is -2.23. The predicted molar refractivity (Wildman–Crippen MR) is 77.6 cm³/mol. The number of nitrogens with one attached hydrogen (secondary N) is 1. The van der Waals surface area contributed by atoms with E-state index in [0.29, 0.717) is 6.54 Å². The summed E-state index contributed by atoms with van der Waals surface area (Å²) < 4.78 is 19.1. The van der Waals surface area contributed by atoms with E-state index in [1.54, 1.807) is 18.3 Å². The number of ether oxygens (including phenoxy) is 1. The molecule has 2 aromatic rings. The molecule has 4 nitrogen and oxygen atoms in total. The average Bonchev–Trinajstić information content (AvgIpc) is 2.47. The Morgan fingerprint density at radius 1 is 1.33 bits per heavy atom. The molecule has 1 aromatic heterocycles. The van der Waals surface area contributed by atoms with E-state index in [4.69, 9.17) is 4.74 Å². The molecule has 1 heterocycles. The number of hydrogen-bond acceptors (Lipinski definition) is 3. The lowest BCUT2D eigenvalue weighted by Gasteiger charge is -2.11. The molecule has 0 unspecified atom stereocenters. The molecule has 0 aliphatic carbocycles. The lowest BCUT2D eigenvalue weighted by atomic mass is 10.2. The van der Waals surface area contributed by atoms with E-state index in [9.17, 15) is 9.18 Å². The summed E-state index contributed by atoms with van der Waals surface area (Å²) in [6.07, 6.45) is 1.53. The first kappa shape index (κ1) is 15.0. The maximum atomic E-state index is 13.8. The number of amides is 1. The summed E-state index contributed by atoms with van der Waals surface area (Å²) in [5.41, 5.74) is 0.991. The van der Waals surface area contributed by atoms with Crippen LogP contribution < -0.4 is 10.1 Å². The zero-order chi connectivity index (χ0) is 15.2. The summed E-state index contributed by atoms with van der Waals surface area (Å²) in [7, 11) is 0. The van der Waals surface area contributed by atoms with Gasteiger partial charge in [0, 0.05) is 11.8 Å². The highest BCUT2D eigenvalue weighted by Crippen LogP contribution is 2.19. The van der Waals surface area contributed by atoms with E-state index < -0.39 is 5.82 Å². The van der Waals surface area contributed by atoms with Crippen molar-refractivity contribution >= 4 is 5.91 Å². The smallest absolute Gasteiger partial charge is 0.251 e. The molecule has 1 N–H and O–H groups in total. The van der Waals surface area contributed by atoms with Crippen LogP contribution in [0.5, 0.6) is 5.75 Å². The number of rotatable bonds is 5. The molecule has 2 rings (SSSR count). The van der Waals surface area contributed by atoms with Crippen LogP contribution in [0.2, 0.25) is 0 Å². The van der Waals surface area contributed by atoms with E-state index in [2.05, 4.69) is 10.3 Å². The first-order valence-corrected chi connectivity index (χ1v) is 6.70. The van der Waals surface area contributed by atoms with Crippen LogP contribution in [0.15, 0.2) is 42.6 Å². The van der Waals surface area contributed by atoms with Gasteiger partial charge >= 0.3 is 0 Å². The van der Waals surface area contributed by atoms with E-state index in [1.165, 1.54) is 18.2 Å². The van der Waals surface area contributed by atoms with E-state index in [-0.39, 0.29) is 23.3 Å². The number of pyridine rings is 1. The molecule has 0 atom stereocenters. The zero-order valence-electron chi connectivity index (χ0n) is 12.0. The second-order valence-corrected chi connectivity index (χ2v) is 4.82. The van der Waals surface area contributed by atoms with E-state index in [1.807, 2.05) is 19.9 Å². The minimum Gasteiger partial charge on any atom is -0.488 e. The lowest BCUT2D eigenvalue weighted by molar-refractivity contribution is 0.0950. The molecule has 0 aliphatic rings. The maximum Gasteiger partial charge on any atom is 0.251 e. The van der Waals surface area contributed by atoms with Gasteiger partial charge in [0.25, 0.3) is 5.91 Å². The number of carbonyl (C=O) groups excluding carboxylic acids is 1. The Labute approximate surface area is 123 Å². The van der Waals surface area contributed by atoms with Gasteiger partial charge in [0.15, 0.2) is 11.6 Å². The molecule has 110 valence electrons. The van der Waals surface area contributed by atoms with Crippen LogP contribution in [-0.4, -0.2) is 17.0 Å². The number of hydrogen-bond donors (Lipinski definition) is 1. The van der Waals surface area contributed by atoms with Gasteiger partial charge in [-0.3, -0.25) is 9.78 Å². The van der Waals surface area contributed by atoms with Gasteiger partial charge in [-0.15, -0.1) is 0 Å². The van der Waals surface area contributed by atoms with Gasteiger partial charge in [-0.25, -0.2) is 4.39 Å². The van der Waals surface area contributed by atoms with Gasteiger partial charge in [0.1, 0.15) is 0 Å². The number of halogens is 1. The number of nitrogens with zero attached hydrogens (tertiary/aromatic N) is 1. The predicted octanol–water partition coefficient (Wildman–Crippen LogP) is 2.94. The third-order valence-corrected chi connectivity index (χ3v) is 2.71. The molecule has 21 heavy (non-hydrogen) atoms. The fourth-order valence-electron chi connectivity index (χ4n) is 1.77. The van der Waals surface area contributed by atoms with Crippen molar-refractivity contribution in [1.82, 2.24) is 10.3 Å². The summed E-state index contributed by atoms with van der Waals surface area (Å²) in [6.45, 7) is 3.92. The Balaban J connectivity index is 2.01. The Hall–Kier alpha value is -2.43. The summed E-state index contributed by atoms with van der Waals surface area (Å²) in [4.78, 5) is 16.1. The van der Waals surface area contributed by atoms with Gasteiger partial charge < -0.3 is 10.1 Å². The minimum absolute atomic E-state index is 0.122. The van der Waals surface area contributed by atoms with E-state index in [0.717, 1.165) is 5.69 Å². The number of carbonyl (C=O) groups is 1. The van der Waals surface area contributed by atoms with Gasteiger partial charge in [-0.2, -0.15) is 0 Å². The number of benzene rings is 1. The monoisotopic (exact) mass is 288 g/mol. The average molecular weight is 288 g/mol. The van der Waals surface area contributed by atoms with Gasteiger partial charge in [0.05, 0.1) is 18.3 Å². The topological polar surface area (TPSA) is 51.2 Å². The highest BCUT2D eigenvalue weighted by atomic mass is 19.1. The minimum atomic E-state index is -0.547. The van der Waals surface area contributed by atoms with Crippen molar-refractivity contribution in [3.05, 3.63) is 59.7 Å². The second-order valence-electron chi connectivity index (χ2n) is 4.82. The van der Waals surface area contributed by atoms with Gasteiger partial charge in [-0.1, -0.05) is 6.07 Å². The summed E-state index contributed by atoms with van der Waals surface area (Å²) in [6, 6.07) is 9.62. The third kappa shape index (κ3) is 4.27. The van der Waals surface area contributed by atoms with Crippen LogP contribution >= 0.6 is 0 Å². The summed E-state index contributed by atoms with van der Waals surface area (Å²) in [5, 5.41) is 2.69. The van der Waals surface area contributed by atoms with Crippen molar-refractivity contribution in [2.24, 2.45) is 0 Å². The highest BCUT2D eigenvalue weighted by Gasteiger charge is 2.11. The Morgan fingerprint density at radius 2 is 2.14 bits per heavy atom. The van der Waals surface area contributed by atoms with Gasteiger partial charge in [0.2, 0.25) is 0 Å². The largest absolute Gasteiger partial charge is 0.488 e. The first-order valence-electron chi connectivity index (χ1n) is 6.70. The molecule has 0 fully saturated rings. The van der Waals surface area contributed by atoms with Crippen LogP contribution in [0.4, 0.5) is 4.39 Å². The van der Waals surface area contributed by atoms with Crippen LogP contribution in [0, 0.1) is 5.82 Å². The van der Waals surface area contributed by atoms with Crippen molar-refractivity contribution in [2.75, 3.05) is 0 Å². The number of aromatic nitrogens is 1. The van der Waals surface area contributed by atoms with E-state index >= 15 is 0 Å². The molecule has 0 aliphatic heterocycles.